The molecule has 0 aliphatic carbocycles. The molecule has 6 nitrogen and oxygen atoms in total. The van der Waals surface area contributed by atoms with E-state index in [0.717, 1.165) is 25.1 Å². The van der Waals surface area contributed by atoms with Gasteiger partial charge >= 0.3 is 0 Å². The van der Waals surface area contributed by atoms with Crippen molar-refractivity contribution in [2.24, 2.45) is 0 Å². The number of nitrogens with zero attached hydrogens (tertiary/aromatic N) is 1. The van der Waals surface area contributed by atoms with Crippen LogP contribution in [0.15, 0.2) is 40.3 Å². The molecular formula is C19H19BrClNO5S. The van der Waals surface area contributed by atoms with E-state index in [1.54, 1.807) is 28.0 Å². The lowest BCUT2D eigenvalue weighted by Crippen LogP contribution is -2.56. The molecule has 3 heterocycles. The van der Waals surface area contributed by atoms with Gasteiger partial charge in [0.2, 0.25) is 0 Å². The minimum absolute atomic E-state index is 0.475. The SMILES string of the molecule is OC[C@H]1O[C@@H](n2cc(Cc3ccc(Br)s3)c3c(Cl)cccc32)[C@H](O)[C@@H](O)[C@@H]1O. The molecule has 0 bridgehead atoms. The van der Waals surface area contributed by atoms with Gasteiger partial charge in [-0.2, -0.15) is 0 Å². The Morgan fingerprint density at radius 2 is 1.89 bits per heavy atom. The highest BCUT2D eigenvalue weighted by Gasteiger charge is 2.44. The summed E-state index contributed by atoms with van der Waals surface area (Å²) in [7, 11) is 0. The first-order valence-electron chi connectivity index (χ1n) is 8.73. The van der Waals surface area contributed by atoms with Crippen molar-refractivity contribution < 1.29 is 25.2 Å². The molecule has 0 saturated carbocycles. The van der Waals surface area contributed by atoms with Crippen LogP contribution in [0.4, 0.5) is 0 Å². The van der Waals surface area contributed by atoms with Gasteiger partial charge in [0.15, 0.2) is 6.23 Å². The number of rotatable bonds is 4. The zero-order valence-corrected chi connectivity index (χ0v) is 17.7. The molecule has 0 spiro atoms. The predicted octanol–water partition coefficient (Wildman–Crippen LogP) is 2.68. The number of ether oxygens (including phenoxy) is 1. The van der Waals surface area contributed by atoms with Gasteiger partial charge in [-0.3, -0.25) is 0 Å². The van der Waals surface area contributed by atoms with Crippen molar-refractivity contribution in [2.45, 2.75) is 37.1 Å². The first-order chi connectivity index (χ1) is 13.4. The van der Waals surface area contributed by atoms with Crippen LogP contribution < -0.4 is 0 Å². The maximum atomic E-state index is 10.5. The van der Waals surface area contributed by atoms with E-state index >= 15 is 0 Å². The first kappa shape index (κ1) is 20.3. The lowest BCUT2D eigenvalue weighted by atomic mass is 9.98. The number of aliphatic hydroxyl groups is 4. The summed E-state index contributed by atoms with van der Waals surface area (Å²) < 4.78 is 8.48. The summed E-state index contributed by atoms with van der Waals surface area (Å²) in [5.74, 6) is 0. The van der Waals surface area contributed by atoms with Crippen molar-refractivity contribution in [1.29, 1.82) is 0 Å². The molecule has 3 aromatic rings. The van der Waals surface area contributed by atoms with E-state index in [2.05, 4.69) is 15.9 Å². The van der Waals surface area contributed by atoms with Crippen LogP contribution in [0.2, 0.25) is 5.02 Å². The molecule has 4 rings (SSSR count). The van der Waals surface area contributed by atoms with Crippen LogP contribution in [0, 0.1) is 0 Å². The molecule has 28 heavy (non-hydrogen) atoms. The Labute approximate surface area is 178 Å². The van der Waals surface area contributed by atoms with Gasteiger partial charge in [0.25, 0.3) is 0 Å². The molecule has 1 saturated heterocycles. The van der Waals surface area contributed by atoms with Crippen LogP contribution in [0.3, 0.4) is 0 Å². The largest absolute Gasteiger partial charge is 0.394 e. The van der Waals surface area contributed by atoms with Crippen LogP contribution in [0.5, 0.6) is 0 Å². The number of aromatic nitrogens is 1. The van der Waals surface area contributed by atoms with Gasteiger partial charge < -0.3 is 29.7 Å². The van der Waals surface area contributed by atoms with Crippen molar-refractivity contribution in [1.82, 2.24) is 4.57 Å². The highest BCUT2D eigenvalue weighted by atomic mass is 79.9. The normalized spacial score (nSPS) is 28.1. The van der Waals surface area contributed by atoms with Gasteiger partial charge in [0.05, 0.1) is 20.9 Å². The fourth-order valence-electron chi connectivity index (χ4n) is 3.64. The zero-order valence-electron chi connectivity index (χ0n) is 14.6. The van der Waals surface area contributed by atoms with Gasteiger partial charge in [-0.1, -0.05) is 17.7 Å². The van der Waals surface area contributed by atoms with Crippen LogP contribution in [-0.2, 0) is 11.2 Å². The predicted molar refractivity (Wildman–Crippen MR) is 111 cm³/mol. The molecule has 1 aromatic carbocycles. The molecule has 9 heteroatoms. The van der Waals surface area contributed by atoms with Crippen LogP contribution in [0.25, 0.3) is 10.9 Å². The Hall–Kier alpha value is -0.970. The summed E-state index contributed by atoms with van der Waals surface area (Å²) >= 11 is 11.6. The quantitative estimate of drug-likeness (QED) is 0.453. The van der Waals surface area contributed by atoms with Crippen molar-refractivity contribution in [3.05, 3.63) is 55.8 Å². The smallest absolute Gasteiger partial charge is 0.163 e. The molecule has 4 N–H and O–H groups in total. The maximum absolute atomic E-state index is 10.5. The van der Waals surface area contributed by atoms with E-state index in [0.29, 0.717) is 11.4 Å². The Kier molecular flexibility index (Phi) is 5.83. The number of thiophene rings is 1. The summed E-state index contributed by atoms with van der Waals surface area (Å²) in [6, 6.07) is 9.48. The molecule has 0 amide bonds. The van der Waals surface area contributed by atoms with E-state index in [9.17, 15) is 20.4 Å². The number of aliphatic hydroxyl groups excluding tert-OH is 4. The van der Waals surface area contributed by atoms with E-state index in [4.69, 9.17) is 16.3 Å². The second-order valence-electron chi connectivity index (χ2n) is 6.80. The summed E-state index contributed by atoms with van der Waals surface area (Å²) in [6.07, 6.45) is -3.67. The lowest BCUT2D eigenvalue weighted by Gasteiger charge is -2.40. The Morgan fingerprint density at radius 1 is 1.11 bits per heavy atom. The third kappa shape index (κ3) is 3.53. The standard InChI is InChI=1S/C19H19BrClNO5S/c20-14-5-4-10(28-14)6-9-7-22(12-3-1-2-11(21)15(9)12)19-18(26)17(25)16(24)13(8-23)27-19/h1-5,7,13,16-19,23-26H,6,8H2/t13-,16-,17+,18-,19-/m1/s1. The summed E-state index contributed by atoms with van der Waals surface area (Å²) in [5, 5.41) is 41.6. The Bertz CT molecular complexity index is 990. The van der Waals surface area contributed by atoms with Gasteiger partial charge in [0.1, 0.15) is 24.4 Å². The molecule has 0 unspecified atom stereocenters. The maximum Gasteiger partial charge on any atom is 0.163 e. The van der Waals surface area contributed by atoms with Crippen molar-refractivity contribution >= 4 is 49.8 Å². The zero-order chi connectivity index (χ0) is 20.0. The Morgan fingerprint density at radius 3 is 2.57 bits per heavy atom. The average Bonchev–Trinajstić information content (AvgIpc) is 3.25. The van der Waals surface area contributed by atoms with Gasteiger partial charge in [-0.05, 0) is 45.8 Å². The van der Waals surface area contributed by atoms with Crippen LogP contribution in [0.1, 0.15) is 16.7 Å². The molecule has 5 atom stereocenters. The van der Waals surface area contributed by atoms with Gasteiger partial charge in [0, 0.05) is 22.9 Å². The molecular weight excluding hydrogens is 470 g/mol. The van der Waals surface area contributed by atoms with Gasteiger partial charge in [-0.25, -0.2) is 0 Å². The van der Waals surface area contributed by atoms with Crippen molar-refractivity contribution in [3.63, 3.8) is 0 Å². The molecule has 2 aromatic heterocycles. The van der Waals surface area contributed by atoms with E-state index in [1.165, 1.54) is 0 Å². The Balaban J connectivity index is 1.80. The topological polar surface area (TPSA) is 95.1 Å². The molecule has 1 fully saturated rings. The van der Waals surface area contributed by atoms with Gasteiger partial charge in [-0.15, -0.1) is 11.3 Å². The minimum Gasteiger partial charge on any atom is -0.394 e. The van der Waals surface area contributed by atoms with E-state index in [1.807, 2.05) is 24.4 Å². The minimum atomic E-state index is -1.44. The van der Waals surface area contributed by atoms with Crippen LogP contribution in [-0.4, -0.2) is 56.0 Å². The third-order valence-corrected chi connectivity index (χ3v) is 6.96. The highest BCUT2D eigenvalue weighted by Crippen LogP contribution is 2.37. The second-order valence-corrected chi connectivity index (χ2v) is 9.75. The molecule has 1 aliphatic rings. The fourth-order valence-corrected chi connectivity index (χ4v) is 5.44. The van der Waals surface area contributed by atoms with Crippen LogP contribution >= 0.6 is 38.9 Å². The first-order valence-corrected chi connectivity index (χ1v) is 10.7. The number of fused-ring (bicyclic) bond motifs is 1. The second kappa shape index (κ2) is 8.04. The molecule has 1 aliphatic heterocycles. The average molecular weight is 489 g/mol. The third-order valence-electron chi connectivity index (χ3n) is 5.02. The molecule has 0 radical (unpaired) electrons. The summed E-state index contributed by atoms with van der Waals surface area (Å²) in [4.78, 5) is 1.14. The number of halogens is 2. The van der Waals surface area contributed by atoms with E-state index < -0.39 is 37.3 Å². The highest BCUT2D eigenvalue weighted by molar-refractivity contribution is 9.11. The van der Waals surface area contributed by atoms with E-state index in [-0.39, 0.29) is 0 Å². The van der Waals surface area contributed by atoms with Crippen molar-refractivity contribution in [3.8, 4) is 0 Å². The number of hydrogen-bond donors (Lipinski definition) is 4. The fraction of sp³-hybridized carbons (Fsp3) is 0.368. The summed E-state index contributed by atoms with van der Waals surface area (Å²) in [6.45, 7) is -0.475. The monoisotopic (exact) mass is 487 g/mol. The lowest BCUT2D eigenvalue weighted by molar-refractivity contribution is -0.250. The number of hydrogen-bond acceptors (Lipinski definition) is 6. The summed E-state index contributed by atoms with van der Waals surface area (Å²) in [5.41, 5.74) is 1.69. The number of benzene rings is 1. The molecule has 150 valence electrons. The van der Waals surface area contributed by atoms with Crippen molar-refractivity contribution in [2.75, 3.05) is 6.61 Å².